The van der Waals surface area contributed by atoms with Crippen LogP contribution < -0.4 is 20.7 Å². The van der Waals surface area contributed by atoms with E-state index in [1.807, 2.05) is 38.1 Å². The number of ether oxygens (including phenoxy) is 2. The maximum Gasteiger partial charge on any atom is 0.255 e. The van der Waals surface area contributed by atoms with E-state index < -0.39 is 0 Å². The molecule has 11 nitrogen and oxygen atoms in total. The van der Waals surface area contributed by atoms with Crippen LogP contribution >= 0.6 is 0 Å². The van der Waals surface area contributed by atoms with Crippen LogP contribution in [0, 0.1) is 6.92 Å². The lowest BCUT2D eigenvalue weighted by molar-refractivity contribution is -0.121. The summed E-state index contributed by atoms with van der Waals surface area (Å²) in [6.45, 7) is 7.52. The molecule has 3 heterocycles. The second kappa shape index (κ2) is 11.7. The van der Waals surface area contributed by atoms with Gasteiger partial charge in [-0.05, 0) is 51.1 Å². The molecule has 2 aromatic carbocycles. The first-order valence-electron chi connectivity index (χ1n) is 13.1. The molecule has 3 N–H and O–H groups in total. The van der Waals surface area contributed by atoms with Crippen LogP contribution in [0.1, 0.15) is 30.0 Å². The van der Waals surface area contributed by atoms with Crippen LogP contribution in [0.3, 0.4) is 0 Å². The average molecular weight is 545 g/mol. The van der Waals surface area contributed by atoms with Gasteiger partial charge in [0.25, 0.3) is 5.91 Å². The standard InChI is InChI=1S/C29H32N6O5/c1-17-14-35(15-18(2)38-17)16-25(36)32-20-6-5-7-21(12-20)33-29-31-11-10-26(34-29)40-22-8-9-23-24(13-22)39-19(3)27(23)28(37)30-4/h5-13,17-18H,14-16H2,1-4H3,(H,30,37)(H,32,36)(H,31,33,34). The van der Waals surface area contributed by atoms with E-state index in [4.69, 9.17) is 13.9 Å². The molecular weight excluding hydrogens is 512 g/mol. The van der Waals surface area contributed by atoms with Crippen LogP contribution in [-0.4, -0.2) is 65.6 Å². The van der Waals surface area contributed by atoms with Crippen LogP contribution in [-0.2, 0) is 9.53 Å². The van der Waals surface area contributed by atoms with Gasteiger partial charge in [-0.25, -0.2) is 4.98 Å². The molecular formula is C29H32N6O5. The Labute approximate surface area is 231 Å². The number of hydrogen-bond donors (Lipinski definition) is 3. The molecule has 2 aromatic heterocycles. The van der Waals surface area contributed by atoms with Gasteiger partial charge in [0.2, 0.25) is 17.7 Å². The van der Waals surface area contributed by atoms with Gasteiger partial charge in [-0.3, -0.25) is 14.5 Å². The fourth-order valence-electron chi connectivity index (χ4n) is 4.87. The Kier molecular flexibility index (Phi) is 7.94. The minimum Gasteiger partial charge on any atom is -0.460 e. The number of nitrogens with zero attached hydrogens (tertiary/aromatic N) is 3. The number of benzene rings is 2. The average Bonchev–Trinajstić information content (AvgIpc) is 3.23. The molecule has 208 valence electrons. The second-order valence-electron chi connectivity index (χ2n) is 9.80. The smallest absolute Gasteiger partial charge is 0.255 e. The largest absolute Gasteiger partial charge is 0.460 e. The van der Waals surface area contributed by atoms with Gasteiger partial charge in [0, 0.05) is 55.2 Å². The Morgan fingerprint density at radius 3 is 2.62 bits per heavy atom. The zero-order valence-corrected chi connectivity index (χ0v) is 22.9. The van der Waals surface area contributed by atoms with Gasteiger partial charge in [0.15, 0.2) is 0 Å². The molecule has 40 heavy (non-hydrogen) atoms. The molecule has 1 aliphatic heterocycles. The Bertz CT molecular complexity index is 1530. The van der Waals surface area contributed by atoms with Crippen molar-refractivity contribution >= 4 is 40.1 Å². The zero-order chi connectivity index (χ0) is 28.2. The zero-order valence-electron chi connectivity index (χ0n) is 22.9. The fourth-order valence-corrected chi connectivity index (χ4v) is 4.87. The Morgan fingerprint density at radius 1 is 1.07 bits per heavy atom. The monoisotopic (exact) mass is 544 g/mol. The summed E-state index contributed by atoms with van der Waals surface area (Å²) in [5.41, 5.74) is 2.41. The van der Waals surface area contributed by atoms with Crippen molar-refractivity contribution in [2.45, 2.75) is 33.0 Å². The van der Waals surface area contributed by atoms with E-state index in [1.165, 1.54) is 0 Å². The van der Waals surface area contributed by atoms with Crippen LogP contribution in [0.15, 0.2) is 59.1 Å². The molecule has 0 bridgehead atoms. The summed E-state index contributed by atoms with van der Waals surface area (Å²) in [6, 6.07) is 14.2. The first-order chi connectivity index (χ1) is 19.3. The third-order valence-corrected chi connectivity index (χ3v) is 6.41. The van der Waals surface area contributed by atoms with Crippen molar-refractivity contribution in [2.75, 3.05) is 37.3 Å². The lowest BCUT2D eigenvalue weighted by atomic mass is 10.1. The number of aromatic nitrogens is 2. The van der Waals surface area contributed by atoms with Crippen molar-refractivity contribution in [1.29, 1.82) is 0 Å². The van der Waals surface area contributed by atoms with Gasteiger partial charge in [-0.15, -0.1) is 0 Å². The maximum absolute atomic E-state index is 12.7. The molecule has 0 spiro atoms. The number of fused-ring (bicyclic) bond motifs is 1. The van der Waals surface area contributed by atoms with Gasteiger partial charge < -0.3 is 29.8 Å². The summed E-state index contributed by atoms with van der Waals surface area (Å²) in [6.07, 6.45) is 1.78. The summed E-state index contributed by atoms with van der Waals surface area (Å²) < 4.78 is 17.5. The van der Waals surface area contributed by atoms with Crippen LogP contribution in [0.4, 0.5) is 17.3 Å². The molecule has 2 atom stereocenters. The van der Waals surface area contributed by atoms with Gasteiger partial charge in [0.05, 0.1) is 24.3 Å². The highest BCUT2D eigenvalue weighted by Crippen LogP contribution is 2.31. The van der Waals surface area contributed by atoms with Gasteiger partial charge in [-0.2, -0.15) is 4.98 Å². The molecule has 2 amide bonds. The number of amides is 2. The third kappa shape index (κ3) is 6.38. The minimum atomic E-state index is -0.207. The summed E-state index contributed by atoms with van der Waals surface area (Å²) in [4.78, 5) is 35.7. The maximum atomic E-state index is 12.7. The lowest BCUT2D eigenvalue weighted by Crippen LogP contribution is -2.48. The number of nitrogens with one attached hydrogen (secondary N) is 3. The van der Waals surface area contributed by atoms with Crippen molar-refractivity contribution in [3.63, 3.8) is 0 Å². The van der Waals surface area contributed by atoms with Crippen molar-refractivity contribution in [1.82, 2.24) is 20.2 Å². The van der Waals surface area contributed by atoms with Gasteiger partial charge in [-0.1, -0.05) is 6.07 Å². The Morgan fingerprint density at radius 2 is 1.85 bits per heavy atom. The first-order valence-corrected chi connectivity index (χ1v) is 13.1. The predicted molar refractivity (Wildman–Crippen MR) is 151 cm³/mol. The van der Waals surface area contributed by atoms with Crippen LogP contribution in [0.5, 0.6) is 11.6 Å². The van der Waals surface area contributed by atoms with Crippen molar-refractivity contribution in [3.8, 4) is 11.6 Å². The molecule has 2 unspecified atom stereocenters. The summed E-state index contributed by atoms with van der Waals surface area (Å²) in [5, 5.41) is 9.45. The van der Waals surface area contributed by atoms with Crippen LogP contribution in [0.2, 0.25) is 0 Å². The number of anilines is 3. The molecule has 5 rings (SSSR count). The van der Waals surface area contributed by atoms with E-state index >= 15 is 0 Å². The van der Waals surface area contributed by atoms with E-state index in [-0.39, 0.29) is 24.0 Å². The number of rotatable bonds is 8. The minimum absolute atomic E-state index is 0.0868. The van der Waals surface area contributed by atoms with Crippen LogP contribution in [0.25, 0.3) is 11.0 Å². The topological polar surface area (TPSA) is 131 Å². The molecule has 1 aliphatic rings. The van der Waals surface area contributed by atoms with E-state index in [0.29, 0.717) is 57.8 Å². The summed E-state index contributed by atoms with van der Waals surface area (Å²) in [5.74, 6) is 1.39. The number of hydrogen-bond acceptors (Lipinski definition) is 9. The normalized spacial score (nSPS) is 17.4. The highest BCUT2D eigenvalue weighted by molar-refractivity contribution is 6.07. The summed E-state index contributed by atoms with van der Waals surface area (Å²) in [7, 11) is 1.58. The highest BCUT2D eigenvalue weighted by atomic mass is 16.5. The molecule has 4 aromatic rings. The van der Waals surface area contributed by atoms with Crippen molar-refractivity contribution in [2.24, 2.45) is 0 Å². The molecule has 1 fully saturated rings. The van der Waals surface area contributed by atoms with Gasteiger partial charge >= 0.3 is 0 Å². The lowest BCUT2D eigenvalue weighted by Gasteiger charge is -2.34. The SMILES string of the molecule is CNC(=O)c1c(C)oc2cc(Oc3ccnc(Nc4cccc(NC(=O)CN5CC(C)OC(C)C5)c4)n3)ccc12. The highest BCUT2D eigenvalue weighted by Gasteiger charge is 2.23. The first kappa shape index (κ1) is 27.1. The number of aryl methyl sites for hydroxylation is 1. The second-order valence-corrected chi connectivity index (χ2v) is 9.80. The predicted octanol–water partition coefficient (Wildman–Crippen LogP) is 4.47. The van der Waals surface area contributed by atoms with Gasteiger partial charge in [0.1, 0.15) is 17.1 Å². The molecule has 0 aliphatic carbocycles. The van der Waals surface area contributed by atoms with Crippen molar-refractivity contribution in [3.05, 3.63) is 66.1 Å². The molecule has 0 radical (unpaired) electrons. The number of furan rings is 1. The number of morpholine rings is 1. The fraction of sp³-hybridized carbons (Fsp3) is 0.310. The van der Waals surface area contributed by atoms with E-state index in [9.17, 15) is 9.59 Å². The third-order valence-electron chi connectivity index (χ3n) is 6.41. The quantitative estimate of drug-likeness (QED) is 0.294. The van der Waals surface area contributed by atoms with E-state index in [2.05, 4.69) is 30.8 Å². The van der Waals surface area contributed by atoms with E-state index in [1.54, 1.807) is 44.4 Å². The molecule has 11 heteroatoms. The van der Waals surface area contributed by atoms with Crippen molar-refractivity contribution < 1.29 is 23.5 Å². The Hall–Kier alpha value is -4.48. The molecule has 0 saturated carbocycles. The Balaban J connectivity index is 1.23. The molecule has 1 saturated heterocycles. The number of carbonyl (C=O) groups excluding carboxylic acids is 2. The van der Waals surface area contributed by atoms with E-state index in [0.717, 1.165) is 13.1 Å². The number of carbonyl (C=O) groups is 2. The summed E-state index contributed by atoms with van der Waals surface area (Å²) >= 11 is 0.